The number of rotatable bonds is 8. The van der Waals surface area contributed by atoms with Crippen molar-refractivity contribution in [2.45, 2.75) is 66.6 Å². The summed E-state index contributed by atoms with van der Waals surface area (Å²) in [4.78, 5) is 9.59. The average Bonchev–Trinajstić information content (AvgIpc) is 1.95. The Morgan fingerprint density at radius 2 is 1.18 bits per heavy atom. The first kappa shape index (κ1) is 17.1. The number of phosphoric ester groups is 1. The van der Waals surface area contributed by atoms with Gasteiger partial charge in [-0.15, -0.1) is 0 Å². The summed E-state index contributed by atoms with van der Waals surface area (Å²) in [6.45, 7) is 11.8. The summed E-state index contributed by atoms with van der Waals surface area (Å²) in [5, 5.41) is 0. The van der Waals surface area contributed by atoms with Crippen LogP contribution in [0.1, 0.15) is 54.4 Å². The Kier molecular flexibility index (Phi) is 7.57. The van der Waals surface area contributed by atoms with Crippen LogP contribution in [0.5, 0.6) is 0 Å². The first-order valence-corrected chi connectivity index (χ1v) is 7.81. The molecule has 0 fully saturated rings. The van der Waals surface area contributed by atoms with Gasteiger partial charge < -0.3 is 4.89 Å². The lowest BCUT2D eigenvalue weighted by Gasteiger charge is -2.22. The maximum atomic E-state index is 11.7. The normalized spacial score (nSPS) is 19.4. The van der Waals surface area contributed by atoms with E-state index < -0.39 is 7.82 Å². The van der Waals surface area contributed by atoms with Gasteiger partial charge in [-0.2, -0.15) is 0 Å². The van der Waals surface area contributed by atoms with Crippen LogP contribution in [-0.2, 0) is 13.6 Å². The van der Waals surface area contributed by atoms with Crippen molar-refractivity contribution < 1.29 is 18.5 Å². The minimum atomic E-state index is -3.92. The molecule has 0 amide bonds. The highest BCUT2D eigenvalue weighted by atomic mass is 31.2. The molecule has 0 radical (unpaired) electrons. The Hall–Kier alpha value is 0.110. The summed E-state index contributed by atoms with van der Waals surface area (Å²) in [6.07, 6.45) is 0.952. The van der Waals surface area contributed by atoms with Gasteiger partial charge in [-0.3, -0.25) is 9.05 Å². The standard InChI is InChI=1S/C12H27O4P/c1-9(2)7-11(5)15-17(13,14)16-12(6)8-10(3)4/h9-12H,7-8H2,1-6H3,(H,13,14). The van der Waals surface area contributed by atoms with E-state index in [1.807, 2.05) is 27.7 Å². The molecule has 0 spiro atoms. The predicted octanol–water partition coefficient (Wildman–Crippen LogP) is 3.99. The van der Waals surface area contributed by atoms with Crippen LogP contribution in [0, 0.1) is 11.8 Å². The van der Waals surface area contributed by atoms with E-state index in [-0.39, 0.29) is 12.2 Å². The zero-order valence-electron chi connectivity index (χ0n) is 11.8. The van der Waals surface area contributed by atoms with Gasteiger partial charge in [0.1, 0.15) is 0 Å². The van der Waals surface area contributed by atoms with E-state index in [0.29, 0.717) is 11.8 Å². The second kappa shape index (κ2) is 7.52. The fourth-order valence-electron chi connectivity index (χ4n) is 1.89. The Morgan fingerprint density at radius 1 is 0.882 bits per heavy atom. The van der Waals surface area contributed by atoms with Gasteiger partial charge in [0.15, 0.2) is 0 Å². The molecule has 0 aromatic carbocycles. The molecule has 0 bridgehead atoms. The molecule has 17 heavy (non-hydrogen) atoms. The molecule has 104 valence electrons. The summed E-state index contributed by atoms with van der Waals surface area (Å²) in [6, 6.07) is 0. The first-order valence-electron chi connectivity index (χ1n) is 6.32. The lowest BCUT2D eigenvalue weighted by atomic mass is 10.1. The molecule has 0 heterocycles. The van der Waals surface area contributed by atoms with Crippen LogP contribution in [-0.4, -0.2) is 17.1 Å². The van der Waals surface area contributed by atoms with Crippen LogP contribution in [0.15, 0.2) is 0 Å². The molecule has 0 aromatic rings. The highest BCUT2D eigenvalue weighted by Gasteiger charge is 2.27. The Balaban J connectivity index is 4.14. The average molecular weight is 266 g/mol. The molecule has 0 aliphatic heterocycles. The third-order valence-corrected chi connectivity index (χ3v) is 3.49. The highest BCUT2D eigenvalue weighted by molar-refractivity contribution is 7.47. The summed E-state index contributed by atoms with van der Waals surface area (Å²) >= 11 is 0. The molecule has 0 aromatic heterocycles. The second-order valence-corrected chi connectivity index (χ2v) is 6.92. The van der Waals surface area contributed by atoms with Crippen LogP contribution in [0.3, 0.4) is 0 Å². The van der Waals surface area contributed by atoms with Gasteiger partial charge in [0.2, 0.25) is 0 Å². The van der Waals surface area contributed by atoms with Crippen molar-refractivity contribution in [2.24, 2.45) is 11.8 Å². The lowest BCUT2D eigenvalue weighted by Crippen LogP contribution is -2.15. The Bertz CT molecular complexity index is 231. The maximum Gasteiger partial charge on any atom is 0.472 e. The van der Waals surface area contributed by atoms with Crippen LogP contribution in [0.4, 0.5) is 0 Å². The number of hydrogen-bond donors (Lipinski definition) is 1. The quantitative estimate of drug-likeness (QED) is 0.675. The molecule has 4 nitrogen and oxygen atoms in total. The van der Waals surface area contributed by atoms with Gasteiger partial charge in [0, 0.05) is 0 Å². The van der Waals surface area contributed by atoms with Crippen molar-refractivity contribution in [1.82, 2.24) is 0 Å². The van der Waals surface area contributed by atoms with Crippen LogP contribution >= 0.6 is 7.82 Å². The van der Waals surface area contributed by atoms with Crippen LogP contribution in [0.25, 0.3) is 0 Å². The maximum absolute atomic E-state index is 11.7. The smallest absolute Gasteiger partial charge is 0.302 e. The number of hydrogen-bond acceptors (Lipinski definition) is 3. The zero-order chi connectivity index (χ0) is 13.6. The van der Waals surface area contributed by atoms with Gasteiger partial charge in [-0.05, 0) is 38.5 Å². The fraction of sp³-hybridized carbons (Fsp3) is 1.00. The van der Waals surface area contributed by atoms with Crippen molar-refractivity contribution in [3.63, 3.8) is 0 Å². The van der Waals surface area contributed by atoms with E-state index in [9.17, 15) is 9.46 Å². The van der Waals surface area contributed by atoms with Crippen molar-refractivity contribution in [1.29, 1.82) is 0 Å². The zero-order valence-corrected chi connectivity index (χ0v) is 12.7. The molecule has 0 saturated heterocycles. The van der Waals surface area contributed by atoms with Crippen LogP contribution < -0.4 is 0 Å². The van der Waals surface area contributed by atoms with E-state index >= 15 is 0 Å². The Labute approximate surface area is 105 Å². The topological polar surface area (TPSA) is 55.8 Å². The van der Waals surface area contributed by atoms with E-state index in [1.165, 1.54) is 0 Å². The Morgan fingerprint density at radius 3 is 1.41 bits per heavy atom. The van der Waals surface area contributed by atoms with E-state index in [0.717, 1.165) is 12.8 Å². The van der Waals surface area contributed by atoms with Gasteiger partial charge in [0.25, 0.3) is 0 Å². The van der Waals surface area contributed by atoms with Gasteiger partial charge in [-0.1, -0.05) is 27.7 Å². The molecule has 2 atom stereocenters. The van der Waals surface area contributed by atoms with E-state index in [4.69, 9.17) is 9.05 Å². The van der Waals surface area contributed by atoms with Crippen LogP contribution in [0.2, 0.25) is 0 Å². The third-order valence-electron chi connectivity index (χ3n) is 2.23. The van der Waals surface area contributed by atoms with Crippen molar-refractivity contribution in [2.75, 3.05) is 0 Å². The molecule has 2 unspecified atom stereocenters. The molecular weight excluding hydrogens is 239 g/mol. The van der Waals surface area contributed by atoms with E-state index in [1.54, 1.807) is 13.8 Å². The van der Waals surface area contributed by atoms with Crippen molar-refractivity contribution in [3.8, 4) is 0 Å². The summed E-state index contributed by atoms with van der Waals surface area (Å²) in [5.41, 5.74) is 0. The monoisotopic (exact) mass is 266 g/mol. The predicted molar refractivity (Wildman–Crippen MR) is 69.8 cm³/mol. The summed E-state index contributed by atoms with van der Waals surface area (Å²) < 4.78 is 21.9. The molecule has 0 aliphatic carbocycles. The van der Waals surface area contributed by atoms with Crippen molar-refractivity contribution >= 4 is 7.82 Å². The second-order valence-electron chi connectivity index (χ2n) is 5.56. The first-order chi connectivity index (χ1) is 7.62. The highest BCUT2D eigenvalue weighted by Crippen LogP contribution is 2.47. The molecule has 1 N–H and O–H groups in total. The minimum absolute atomic E-state index is 0.267. The molecule has 0 rings (SSSR count). The van der Waals surface area contributed by atoms with Gasteiger partial charge >= 0.3 is 7.82 Å². The summed E-state index contributed by atoms with van der Waals surface area (Å²) in [7, 11) is -3.92. The molecule has 5 heteroatoms. The van der Waals surface area contributed by atoms with Gasteiger partial charge in [0.05, 0.1) is 12.2 Å². The molecule has 0 aliphatic rings. The van der Waals surface area contributed by atoms with Gasteiger partial charge in [-0.25, -0.2) is 4.57 Å². The summed E-state index contributed by atoms with van der Waals surface area (Å²) in [5.74, 6) is 0.858. The SMILES string of the molecule is CC(C)CC(C)OP(=O)(O)OC(C)CC(C)C. The largest absolute Gasteiger partial charge is 0.472 e. The molecule has 0 saturated carbocycles. The molecular formula is C12H27O4P. The van der Waals surface area contributed by atoms with E-state index in [2.05, 4.69) is 0 Å². The lowest BCUT2D eigenvalue weighted by molar-refractivity contribution is 0.0717. The third kappa shape index (κ3) is 9.78. The fourth-order valence-corrected chi connectivity index (χ4v) is 3.02. The van der Waals surface area contributed by atoms with Crippen molar-refractivity contribution in [3.05, 3.63) is 0 Å². The minimum Gasteiger partial charge on any atom is -0.302 e. The number of phosphoric acid groups is 1.